The van der Waals surface area contributed by atoms with Gasteiger partial charge < -0.3 is 15.6 Å². The Morgan fingerprint density at radius 3 is 2.24 bits per heavy atom. The van der Waals surface area contributed by atoms with Crippen molar-refractivity contribution in [2.75, 3.05) is 6.61 Å². The van der Waals surface area contributed by atoms with Crippen molar-refractivity contribution < 1.29 is 14.6 Å². The number of rotatable bonds is 7. The van der Waals surface area contributed by atoms with Crippen LogP contribution in [0.15, 0.2) is 59.5 Å². The average Bonchev–Trinajstić information content (AvgIpc) is 3.00. The maximum absolute atomic E-state index is 12.6. The van der Waals surface area contributed by atoms with Gasteiger partial charge in [-0.2, -0.15) is 0 Å². The highest BCUT2D eigenvalue weighted by atomic mass is 16.5. The van der Waals surface area contributed by atoms with E-state index in [2.05, 4.69) is 0 Å². The normalized spacial score (nSPS) is 10.7. The first-order valence-electron chi connectivity index (χ1n) is 9.12. The molecule has 8 nitrogen and oxygen atoms in total. The number of amidine groups is 1. The van der Waals surface area contributed by atoms with Gasteiger partial charge >= 0.3 is 11.7 Å². The van der Waals surface area contributed by atoms with Crippen LogP contribution in [0.1, 0.15) is 18.9 Å². The van der Waals surface area contributed by atoms with Gasteiger partial charge in [-0.3, -0.25) is 19.3 Å². The van der Waals surface area contributed by atoms with Gasteiger partial charge in [0.05, 0.1) is 24.9 Å². The molecule has 0 radical (unpaired) electrons. The van der Waals surface area contributed by atoms with Crippen LogP contribution in [0.4, 0.5) is 0 Å². The largest absolute Gasteiger partial charge is 0.493 e. The molecule has 0 amide bonds. The van der Waals surface area contributed by atoms with E-state index >= 15 is 0 Å². The van der Waals surface area contributed by atoms with Gasteiger partial charge in [0.1, 0.15) is 5.84 Å². The van der Waals surface area contributed by atoms with Gasteiger partial charge in [0, 0.05) is 12.1 Å². The predicted molar refractivity (Wildman–Crippen MR) is 109 cm³/mol. The molecule has 0 aliphatic heterocycles. The molecule has 4 N–H and O–H groups in total. The molecular formula is C21H22N4O4. The van der Waals surface area contributed by atoms with E-state index in [-0.39, 0.29) is 31.3 Å². The van der Waals surface area contributed by atoms with Crippen LogP contribution in [0.25, 0.3) is 16.8 Å². The number of esters is 1. The molecule has 29 heavy (non-hydrogen) atoms. The highest BCUT2D eigenvalue weighted by Crippen LogP contribution is 2.22. The molecule has 0 bridgehead atoms. The monoisotopic (exact) mass is 394 g/mol. The van der Waals surface area contributed by atoms with E-state index < -0.39 is 11.7 Å². The number of imidazole rings is 1. The van der Waals surface area contributed by atoms with E-state index in [0.29, 0.717) is 11.3 Å². The lowest BCUT2D eigenvalue weighted by Gasteiger charge is -2.06. The summed E-state index contributed by atoms with van der Waals surface area (Å²) in [4.78, 5) is 24.1. The summed E-state index contributed by atoms with van der Waals surface area (Å²) < 4.78 is 7.30. The Morgan fingerprint density at radius 2 is 1.69 bits per heavy atom. The highest BCUT2D eigenvalue weighted by molar-refractivity contribution is 5.95. The summed E-state index contributed by atoms with van der Waals surface area (Å²) in [5.74, 6) is -0.631. The Kier molecular flexibility index (Phi) is 5.82. The van der Waals surface area contributed by atoms with Gasteiger partial charge in [-0.1, -0.05) is 36.4 Å². The zero-order valence-corrected chi connectivity index (χ0v) is 16.0. The SMILES string of the molecule is CCOC(=O)CCn1c(O)cn(-c2ccc(-c3ccc(C(=N)N)cc3)cc2)c1=O. The minimum atomic E-state index is -0.439. The number of nitrogen functional groups attached to an aromatic ring is 1. The first kappa shape index (κ1) is 19.9. The third-order valence-corrected chi connectivity index (χ3v) is 4.48. The molecule has 0 saturated heterocycles. The number of ether oxygens (including phenoxy) is 1. The van der Waals surface area contributed by atoms with Crippen molar-refractivity contribution >= 4 is 11.8 Å². The Balaban J connectivity index is 1.81. The van der Waals surface area contributed by atoms with Gasteiger partial charge in [0.2, 0.25) is 5.88 Å². The van der Waals surface area contributed by atoms with E-state index in [0.717, 1.165) is 15.7 Å². The molecule has 0 spiro atoms. The topological polar surface area (TPSA) is 123 Å². The lowest BCUT2D eigenvalue weighted by molar-refractivity contribution is -0.143. The Morgan fingerprint density at radius 1 is 1.10 bits per heavy atom. The highest BCUT2D eigenvalue weighted by Gasteiger charge is 2.13. The van der Waals surface area contributed by atoms with Crippen molar-refractivity contribution in [3.05, 3.63) is 70.8 Å². The van der Waals surface area contributed by atoms with Crippen LogP contribution in [0.2, 0.25) is 0 Å². The molecule has 0 fully saturated rings. The average molecular weight is 394 g/mol. The molecule has 3 aromatic rings. The minimum absolute atomic E-state index is 0.000512. The number of aromatic hydroxyl groups is 1. The summed E-state index contributed by atoms with van der Waals surface area (Å²) in [5, 5.41) is 17.5. The first-order chi connectivity index (χ1) is 13.9. The Hall–Kier alpha value is -3.81. The maximum Gasteiger partial charge on any atom is 0.335 e. The number of carbonyl (C=O) groups excluding carboxylic acids is 1. The third kappa shape index (κ3) is 4.37. The summed E-state index contributed by atoms with van der Waals surface area (Å²) in [5.41, 5.74) is 8.15. The molecule has 150 valence electrons. The van der Waals surface area contributed by atoms with Gasteiger partial charge in [-0.25, -0.2) is 4.79 Å². The van der Waals surface area contributed by atoms with Crippen LogP contribution in [-0.2, 0) is 16.1 Å². The number of hydrogen-bond donors (Lipinski definition) is 3. The van der Waals surface area contributed by atoms with Crippen LogP contribution in [0.3, 0.4) is 0 Å². The standard InChI is InChI=1S/C21H22N4O4/c1-2-29-19(27)11-12-24-18(26)13-25(21(24)28)17-9-7-15(8-10-17)14-3-5-16(6-4-14)20(22)23/h3-10,13,26H,2,11-12H2,1H3,(H3,22,23). The molecule has 1 aromatic heterocycles. The van der Waals surface area contributed by atoms with E-state index in [4.69, 9.17) is 15.9 Å². The van der Waals surface area contributed by atoms with Crippen LogP contribution in [0, 0.1) is 5.41 Å². The van der Waals surface area contributed by atoms with Crippen LogP contribution < -0.4 is 11.4 Å². The van der Waals surface area contributed by atoms with E-state index in [1.165, 1.54) is 10.8 Å². The Labute approximate surface area is 167 Å². The second kappa shape index (κ2) is 8.47. The first-order valence-corrected chi connectivity index (χ1v) is 9.12. The zero-order chi connectivity index (χ0) is 21.0. The number of nitrogens with one attached hydrogen (secondary N) is 1. The molecule has 8 heteroatoms. The minimum Gasteiger partial charge on any atom is -0.493 e. The fourth-order valence-electron chi connectivity index (χ4n) is 2.96. The smallest absolute Gasteiger partial charge is 0.335 e. The van der Waals surface area contributed by atoms with Crippen molar-refractivity contribution in [3.63, 3.8) is 0 Å². The Bertz CT molecular complexity index is 1080. The lowest BCUT2D eigenvalue weighted by atomic mass is 10.0. The van der Waals surface area contributed by atoms with E-state index in [1.807, 2.05) is 24.3 Å². The summed E-state index contributed by atoms with van der Waals surface area (Å²) >= 11 is 0. The van der Waals surface area contributed by atoms with E-state index in [9.17, 15) is 14.7 Å². The van der Waals surface area contributed by atoms with Gasteiger partial charge in [-0.05, 0) is 30.2 Å². The molecule has 0 saturated carbocycles. The van der Waals surface area contributed by atoms with Crippen molar-refractivity contribution in [1.82, 2.24) is 9.13 Å². The molecule has 0 unspecified atom stereocenters. The number of nitrogens with two attached hydrogens (primary N) is 1. The maximum atomic E-state index is 12.6. The fraction of sp³-hybridized carbons (Fsp3) is 0.190. The molecule has 1 heterocycles. The van der Waals surface area contributed by atoms with E-state index in [1.54, 1.807) is 31.2 Å². The van der Waals surface area contributed by atoms with Crippen LogP contribution in [0.5, 0.6) is 5.88 Å². The molecule has 0 atom stereocenters. The number of carbonyl (C=O) groups is 1. The molecular weight excluding hydrogens is 372 g/mol. The quantitative estimate of drug-likeness (QED) is 0.322. The fourth-order valence-corrected chi connectivity index (χ4v) is 2.96. The summed E-state index contributed by atoms with van der Waals surface area (Å²) in [6, 6.07) is 14.5. The lowest BCUT2D eigenvalue weighted by Crippen LogP contribution is -2.24. The van der Waals surface area contributed by atoms with Crippen molar-refractivity contribution in [2.45, 2.75) is 19.9 Å². The summed E-state index contributed by atoms with van der Waals surface area (Å²) in [7, 11) is 0. The summed E-state index contributed by atoms with van der Waals surface area (Å²) in [6.07, 6.45) is 1.32. The predicted octanol–water partition coefficient (Wildman–Crippen LogP) is 2.25. The number of hydrogen-bond acceptors (Lipinski definition) is 5. The molecule has 2 aromatic carbocycles. The summed E-state index contributed by atoms with van der Waals surface area (Å²) in [6.45, 7) is 2.01. The van der Waals surface area contributed by atoms with Gasteiger partial charge in [0.25, 0.3) is 0 Å². The van der Waals surface area contributed by atoms with Gasteiger partial charge in [0.15, 0.2) is 0 Å². The number of nitrogens with zero attached hydrogens (tertiary/aromatic N) is 2. The third-order valence-electron chi connectivity index (χ3n) is 4.48. The van der Waals surface area contributed by atoms with Crippen molar-refractivity contribution in [1.29, 1.82) is 5.41 Å². The van der Waals surface area contributed by atoms with Crippen molar-refractivity contribution in [3.8, 4) is 22.7 Å². The van der Waals surface area contributed by atoms with Crippen molar-refractivity contribution in [2.24, 2.45) is 5.73 Å². The van der Waals surface area contributed by atoms with Gasteiger partial charge in [-0.15, -0.1) is 0 Å². The second-order valence-electron chi connectivity index (χ2n) is 6.38. The van der Waals surface area contributed by atoms with Crippen LogP contribution in [-0.4, -0.2) is 32.7 Å². The van der Waals surface area contributed by atoms with Crippen LogP contribution >= 0.6 is 0 Å². The molecule has 0 aliphatic rings. The number of aromatic nitrogens is 2. The molecule has 3 rings (SSSR count). The zero-order valence-electron chi connectivity index (χ0n) is 16.0. The second-order valence-corrected chi connectivity index (χ2v) is 6.38. The number of benzene rings is 2. The molecule has 0 aliphatic carbocycles.